The van der Waals surface area contributed by atoms with Gasteiger partial charge in [-0.3, -0.25) is 4.79 Å². The zero-order valence-corrected chi connectivity index (χ0v) is 9.24. The van der Waals surface area contributed by atoms with Crippen molar-refractivity contribution in [3.8, 4) is 0 Å². The zero-order chi connectivity index (χ0) is 12.0. The van der Waals surface area contributed by atoms with Crippen LogP contribution in [0.5, 0.6) is 0 Å². The van der Waals surface area contributed by atoms with E-state index in [-0.39, 0.29) is 37.2 Å². The Morgan fingerprint density at radius 3 is 2.81 bits per heavy atom. The number of carbonyl (C=O) groups excluding carboxylic acids is 1. The van der Waals surface area contributed by atoms with Gasteiger partial charge in [0.15, 0.2) is 0 Å². The van der Waals surface area contributed by atoms with Crippen LogP contribution < -0.4 is 5.32 Å². The maximum atomic E-state index is 13.4. The molecule has 0 fully saturated rings. The van der Waals surface area contributed by atoms with Crippen molar-refractivity contribution in [2.45, 2.75) is 19.3 Å². The molecule has 2 N–H and O–H groups in total. The van der Waals surface area contributed by atoms with Crippen molar-refractivity contribution in [3.05, 3.63) is 35.6 Å². The molecule has 0 aliphatic heterocycles. The number of rotatable bonds is 5. The minimum Gasteiger partial charge on any atom is -0.395 e. The third-order valence-corrected chi connectivity index (χ3v) is 2.36. The Kier molecular flexibility index (Phi) is 4.92. The fourth-order valence-corrected chi connectivity index (χ4v) is 1.53. The monoisotopic (exact) mass is 225 g/mol. The minimum atomic E-state index is -0.287. The molecule has 1 atom stereocenters. The summed E-state index contributed by atoms with van der Waals surface area (Å²) in [4.78, 5) is 11.4. The molecule has 0 heterocycles. The summed E-state index contributed by atoms with van der Waals surface area (Å²) in [7, 11) is 0. The van der Waals surface area contributed by atoms with Gasteiger partial charge >= 0.3 is 0 Å². The predicted molar refractivity (Wildman–Crippen MR) is 59.5 cm³/mol. The fourth-order valence-electron chi connectivity index (χ4n) is 1.53. The van der Waals surface area contributed by atoms with E-state index in [0.29, 0.717) is 5.56 Å². The van der Waals surface area contributed by atoms with Crippen LogP contribution in [0.3, 0.4) is 0 Å². The SMILES string of the molecule is CC(CC(=O)NCCO)c1ccccc1F. The summed E-state index contributed by atoms with van der Waals surface area (Å²) < 4.78 is 13.4. The second-order valence-electron chi connectivity index (χ2n) is 3.70. The molecule has 0 saturated heterocycles. The maximum absolute atomic E-state index is 13.4. The Hall–Kier alpha value is -1.42. The molecule has 0 saturated carbocycles. The van der Waals surface area contributed by atoms with Gasteiger partial charge in [-0.05, 0) is 17.5 Å². The van der Waals surface area contributed by atoms with Gasteiger partial charge in [-0.15, -0.1) is 0 Å². The third-order valence-electron chi connectivity index (χ3n) is 2.36. The number of aliphatic hydroxyl groups excluding tert-OH is 1. The third kappa shape index (κ3) is 3.62. The predicted octanol–water partition coefficient (Wildman–Crippen LogP) is 1.43. The van der Waals surface area contributed by atoms with Crippen molar-refractivity contribution in [1.82, 2.24) is 5.32 Å². The van der Waals surface area contributed by atoms with Crippen molar-refractivity contribution < 1.29 is 14.3 Å². The second kappa shape index (κ2) is 6.23. The van der Waals surface area contributed by atoms with Crippen molar-refractivity contribution in [2.75, 3.05) is 13.2 Å². The van der Waals surface area contributed by atoms with E-state index in [1.165, 1.54) is 6.07 Å². The molecule has 0 aliphatic carbocycles. The summed E-state index contributed by atoms with van der Waals surface area (Å²) in [5, 5.41) is 11.1. The standard InChI is InChI=1S/C12H16FNO2/c1-9(8-12(16)14-6-7-15)10-4-2-3-5-11(10)13/h2-5,9,15H,6-8H2,1H3,(H,14,16). The van der Waals surface area contributed by atoms with Crippen LogP contribution in [-0.4, -0.2) is 24.2 Å². The lowest BCUT2D eigenvalue weighted by molar-refractivity contribution is -0.121. The molecule has 0 radical (unpaired) electrons. The van der Waals surface area contributed by atoms with E-state index in [2.05, 4.69) is 5.32 Å². The number of carbonyl (C=O) groups is 1. The fraction of sp³-hybridized carbons (Fsp3) is 0.417. The largest absolute Gasteiger partial charge is 0.395 e. The van der Waals surface area contributed by atoms with Crippen molar-refractivity contribution in [2.24, 2.45) is 0 Å². The quantitative estimate of drug-likeness (QED) is 0.796. The van der Waals surface area contributed by atoms with E-state index in [1.807, 2.05) is 0 Å². The summed E-state index contributed by atoms with van der Waals surface area (Å²) >= 11 is 0. The Balaban J connectivity index is 2.55. The molecular weight excluding hydrogens is 209 g/mol. The first-order valence-corrected chi connectivity index (χ1v) is 5.27. The Bertz CT molecular complexity index is 355. The van der Waals surface area contributed by atoms with Gasteiger partial charge in [-0.25, -0.2) is 4.39 Å². The van der Waals surface area contributed by atoms with Gasteiger partial charge in [0.25, 0.3) is 0 Å². The lowest BCUT2D eigenvalue weighted by Gasteiger charge is -2.12. The molecule has 0 spiro atoms. The number of nitrogens with one attached hydrogen (secondary N) is 1. The molecular formula is C12H16FNO2. The number of amides is 1. The first-order chi connectivity index (χ1) is 7.65. The Morgan fingerprint density at radius 1 is 1.50 bits per heavy atom. The first kappa shape index (κ1) is 12.6. The van der Waals surface area contributed by atoms with Gasteiger partial charge in [0.2, 0.25) is 5.91 Å². The van der Waals surface area contributed by atoms with Crippen LogP contribution in [0.25, 0.3) is 0 Å². The van der Waals surface area contributed by atoms with Crippen LogP contribution in [0.1, 0.15) is 24.8 Å². The van der Waals surface area contributed by atoms with E-state index in [9.17, 15) is 9.18 Å². The Morgan fingerprint density at radius 2 is 2.19 bits per heavy atom. The second-order valence-corrected chi connectivity index (χ2v) is 3.70. The highest BCUT2D eigenvalue weighted by Gasteiger charge is 2.13. The van der Waals surface area contributed by atoms with Crippen LogP contribution in [0.4, 0.5) is 4.39 Å². The number of benzene rings is 1. The topological polar surface area (TPSA) is 49.3 Å². The van der Waals surface area contributed by atoms with Crippen LogP contribution in [0.2, 0.25) is 0 Å². The molecule has 0 aromatic heterocycles. The van der Waals surface area contributed by atoms with Gasteiger partial charge in [-0.2, -0.15) is 0 Å². The van der Waals surface area contributed by atoms with Gasteiger partial charge in [0, 0.05) is 13.0 Å². The number of aliphatic hydroxyl groups is 1. The number of hydrogen-bond donors (Lipinski definition) is 2. The molecule has 1 aromatic rings. The van der Waals surface area contributed by atoms with Gasteiger partial charge in [0.05, 0.1) is 6.61 Å². The van der Waals surface area contributed by atoms with Crippen molar-refractivity contribution in [1.29, 1.82) is 0 Å². The highest BCUT2D eigenvalue weighted by Crippen LogP contribution is 2.21. The number of halogens is 1. The molecule has 3 nitrogen and oxygen atoms in total. The van der Waals surface area contributed by atoms with Crippen LogP contribution in [0, 0.1) is 5.82 Å². The molecule has 1 amide bonds. The molecule has 1 rings (SSSR count). The normalized spacial score (nSPS) is 12.2. The molecule has 16 heavy (non-hydrogen) atoms. The summed E-state index contributed by atoms with van der Waals surface area (Å²) in [5.41, 5.74) is 0.543. The van der Waals surface area contributed by atoms with E-state index >= 15 is 0 Å². The van der Waals surface area contributed by atoms with Gasteiger partial charge < -0.3 is 10.4 Å². The summed E-state index contributed by atoms with van der Waals surface area (Å²) in [5.74, 6) is -0.630. The highest BCUT2D eigenvalue weighted by atomic mass is 19.1. The average molecular weight is 225 g/mol. The molecule has 88 valence electrons. The maximum Gasteiger partial charge on any atom is 0.220 e. The van der Waals surface area contributed by atoms with Crippen molar-refractivity contribution in [3.63, 3.8) is 0 Å². The zero-order valence-electron chi connectivity index (χ0n) is 9.24. The van der Waals surface area contributed by atoms with Crippen LogP contribution in [0.15, 0.2) is 24.3 Å². The summed E-state index contributed by atoms with van der Waals surface area (Å²) in [6, 6.07) is 6.44. The average Bonchev–Trinajstić information content (AvgIpc) is 2.26. The van der Waals surface area contributed by atoms with Crippen LogP contribution in [-0.2, 0) is 4.79 Å². The molecule has 4 heteroatoms. The smallest absolute Gasteiger partial charge is 0.220 e. The Labute approximate surface area is 94.3 Å². The van der Waals surface area contributed by atoms with E-state index in [0.717, 1.165) is 0 Å². The minimum absolute atomic E-state index is 0.0835. The van der Waals surface area contributed by atoms with Crippen molar-refractivity contribution >= 4 is 5.91 Å². The lowest BCUT2D eigenvalue weighted by atomic mass is 9.97. The molecule has 0 bridgehead atoms. The van der Waals surface area contributed by atoms with E-state index in [4.69, 9.17) is 5.11 Å². The summed E-state index contributed by atoms with van der Waals surface area (Å²) in [6.07, 6.45) is 0.223. The lowest BCUT2D eigenvalue weighted by Crippen LogP contribution is -2.27. The van der Waals surface area contributed by atoms with E-state index < -0.39 is 0 Å². The summed E-state index contributed by atoms with van der Waals surface area (Å²) in [6.45, 7) is 1.96. The molecule has 1 unspecified atom stereocenters. The highest BCUT2D eigenvalue weighted by molar-refractivity contribution is 5.76. The number of hydrogen-bond acceptors (Lipinski definition) is 2. The van der Waals surface area contributed by atoms with Crippen LogP contribution >= 0.6 is 0 Å². The molecule has 1 aromatic carbocycles. The van der Waals surface area contributed by atoms with Gasteiger partial charge in [-0.1, -0.05) is 25.1 Å². The molecule has 0 aliphatic rings. The first-order valence-electron chi connectivity index (χ1n) is 5.27. The van der Waals surface area contributed by atoms with Gasteiger partial charge in [0.1, 0.15) is 5.82 Å². The van der Waals surface area contributed by atoms with E-state index in [1.54, 1.807) is 25.1 Å².